The summed E-state index contributed by atoms with van der Waals surface area (Å²) in [5.74, 6) is -1.04. The van der Waals surface area contributed by atoms with Gasteiger partial charge in [-0.1, -0.05) is 28.1 Å². The van der Waals surface area contributed by atoms with Gasteiger partial charge in [0.2, 0.25) is 0 Å². The normalized spacial score (nSPS) is 9.90. The van der Waals surface area contributed by atoms with Gasteiger partial charge in [-0.15, -0.1) is 0 Å². The lowest BCUT2D eigenvalue weighted by atomic mass is 10.1. The van der Waals surface area contributed by atoms with E-state index in [0.717, 1.165) is 10.0 Å². The van der Waals surface area contributed by atoms with Crippen molar-refractivity contribution in [3.05, 3.63) is 63.4 Å². The van der Waals surface area contributed by atoms with Gasteiger partial charge < -0.3 is 5.32 Å². The lowest BCUT2D eigenvalue weighted by Gasteiger charge is -2.10. The lowest BCUT2D eigenvalue weighted by Crippen LogP contribution is -2.14. The standard InChI is InChI=1S/C15H10BrFN2O/c1-9-10(4-2-5-12(9)16)15(20)19-14-7-3-6-13(17)11(14)8-18/h2-7H,1H3,(H,19,20). The molecule has 0 radical (unpaired) electrons. The SMILES string of the molecule is Cc1c(Br)cccc1C(=O)Nc1cccc(F)c1C#N. The number of carbonyl (C=O) groups is 1. The zero-order valence-electron chi connectivity index (χ0n) is 10.6. The molecule has 0 saturated carbocycles. The van der Waals surface area contributed by atoms with Gasteiger partial charge in [0.05, 0.1) is 5.69 Å². The van der Waals surface area contributed by atoms with Crippen LogP contribution in [0.4, 0.5) is 10.1 Å². The third-order valence-electron chi connectivity index (χ3n) is 2.89. The van der Waals surface area contributed by atoms with E-state index in [0.29, 0.717) is 5.56 Å². The molecule has 3 nitrogen and oxygen atoms in total. The maximum atomic E-state index is 13.5. The van der Waals surface area contributed by atoms with Gasteiger partial charge in [-0.05, 0) is 36.8 Å². The average Bonchev–Trinajstić information content (AvgIpc) is 2.42. The minimum Gasteiger partial charge on any atom is -0.321 e. The fourth-order valence-corrected chi connectivity index (χ4v) is 2.15. The number of hydrogen-bond acceptors (Lipinski definition) is 2. The molecule has 0 atom stereocenters. The maximum Gasteiger partial charge on any atom is 0.256 e. The van der Waals surface area contributed by atoms with Crippen molar-refractivity contribution in [1.29, 1.82) is 5.26 Å². The van der Waals surface area contributed by atoms with Crippen LogP contribution in [0.15, 0.2) is 40.9 Å². The minimum absolute atomic E-state index is 0.164. The largest absolute Gasteiger partial charge is 0.321 e. The number of nitrogens with zero attached hydrogens (tertiary/aromatic N) is 1. The van der Waals surface area contributed by atoms with Crippen LogP contribution in [0.2, 0.25) is 0 Å². The highest BCUT2D eigenvalue weighted by Gasteiger charge is 2.14. The van der Waals surface area contributed by atoms with E-state index in [1.807, 2.05) is 6.07 Å². The van der Waals surface area contributed by atoms with E-state index in [1.165, 1.54) is 18.2 Å². The van der Waals surface area contributed by atoms with Crippen molar-refractivity contribution in [2.75, 3.05) is 5.32 Å². The molecule has 0 aliphatic rings. The van der Waals surface area contributed by atoms with Crippen LogP contribution in [0.3, 0.4) is 0 Å². The third-order valence-corrected chi connectivity index (χ3v) is 3.75. The van der Waals surface area contributed by atoms with Gasteiger partial charge in [-0.2, -0.15) is 5.26 Å². The molecule has 0 aliphatic heterocycles. The molecule has 2 aromatic carbocycles. The van der Waals surface area contributed by atoms with Crippen molar-refractivity contribution in [2.24, 2.45) is 0 Å². The van der Waals surface area contributed by atoms with Crippen LogP contribution in [-0.2, 0) is 0 Å². The minimum atomic E-state index is -0.656. The summed E-state index contributed by atoms with van der Waals surface area (Å²) in [6, 6.07) is 11.1. The molecular weight excluding hydrogens is 323 g/mol. The second-order valence-corrected chi connectivity index (χ2v) is 5.00. The summed E-state index contributed by atoms with van der Waals surface area (Å²) in [6.45, 7) is 1.80. The Labute approximate surface area is 124 Å². The number of rotatable bonds is 2. The van der Waals surface area contributed by atoms with E-state index in [2.05, 4.69) is 21.2 Å². The Hall–Kier alpha value is -2.19. The Balaban J connectivity index is 2.36. The van der Waals surface area contributed by atoms with E-state index in [4.69, 9.17) is 5.26 Å². The molecule has 0 aromatic heterocycles. The summed E-state index contributed by atoms with van der Waals surface area (Å²) in [7, 11) is 0. The molecule has 0 saturated heterocycles. The topological polar surface area (TPSA) is 52.9 Å². The molecule has 0 fully saturated rings. The fourth-order valence-electron chi connectivity index (χ4n) is 1.79. The Kier molecular flexibility index (Phi) is 4.16. The summed E-state index contributed by atoms with van der Waals surface area (Å²) in [5, 5.41) is 11.5. The van der Waals surface area contributed by atoms with Gasteiger partial charge >= 0.3 is 0 Å². The van der Waals surface area contributed by atoms with Crippen LogP contribution < -0.4 is 5.32 Å². The first-order chi connectivity index (χ1) is 9.54. The molecule has 0 heterocycles. The molecule has 1 N–H and O–H groups in total. The molecule has 0 aliphatic carbocycles. The molecule has 2 rings (SSSR count). The Bertz CT molecular complexity index is 722. The zero-order valence-corrected chi connectivity index (χ0v) is 12.2. The van der Waals surface area contributed by atoms with Crippen molar-refractivity contribution in [1.82, 2.24) is 0 Å². The molecule has 100 valence electrons. The summed E-state index contributed by atoms with van der Waals surface area (Å²) < 4.78 is 14.3. The molecule has 2 aromatic rings. The highest BCUT2D eigenvalue weighted by atomic mass is 79.9. The quantitative estimate of drug-likeness (QED) is 0.902. The number of amides is 1. The van der Waals surface area contributed by atoms with Gasteiger partial charge in [0.15, 0.2) is 0 Å². The number of carbonyl (C=O) groups excluding carboxylic acids is 1. The highest BCUT2D eigenvalue weighted by Crippen LogP contribution is 2.22. The predicted molar refractivity (Wildman–Crippen MR) is 77.9 cm³/mol. The number of nitrogens with one attached hydrogen (secondary N) is 1. The summed E-state index contributed by atoms with van der Waals surface area (Å²) in [5.41, 5.74) is 1.23. The van der Waals surface area contributed by atoms with E-state index >= 15 is 0 Å². The second kappa shape index (κ2) is 5.85. The lowest BCUT2D eigenvalue weighted by molar-refractivity contribution is 0.102. The van der Waals surface area contributed by atoms with Gasteiger partial charge in [0.1, 0.15) is 17.4 Å². The van der Waals surface area contributed by atoms with Crippen LogP contribution in [0.1, 0.15) is 21.5 Å². The Morgan fingerprint density at radius 3 is 2.70 bits per heavy atom. The van der Waals surface area contributed by atoms with Gasteiger partial charge in [-0.25, -0.2) is 4.39 Å². The second-order valence-electron chi connectivity index (χ2n) is 4.14. The Morgan fingerprint density at radius 1 is 1.30 bits per heavy atom. The summed E-state index contributed by atoms with van der Waals surface area (Å²) in [4.78, 5) is 12.2. The molecule has 0 bridgehead atoms. The third kappa shape index (κ3) is 2.70. The molecule has 0 spiro atoms. The number of halogens is 2. The van der Waals surface area contributed by atoms with E-state index in [1.54, 1.807) is 25.1 Å². The first kappa shape index (κ1) is 14.2. The van der Waals surface area contributed by atoms with Crippen molar-refractivity contribution in [3.63, 3.8) is 0 Å². The molecule has 1 amide bonds. The van der Waals surface area contributed by atoms with Gasteiger partial charge in [-0.3, -0.25) is 4.79 Å². The number of nitriles is 1. The van der Waals surface area contributed by atoms with Crippen molar-refractivity contribution >= 4 is 27.5 Å². The van der Waals surface area contributed by atoms with Gasteiger partial charge in [0, 0.05) is 10.0 Å². The van der Waals surface area contributed by atoms with Crippen molar-refractivity contribution in [2.45, 2.75) is 6.92 Å². The summed E-state index contributed by atoms with van der Waals surface area (Å²) >= 11 is 3.35. The van der Waals surface area contributed by atoms with Crippen molar-refractivity contribution < 1.29 is 9.18 Å². The Morgan fingerprint density at radius 2 is 2.00 bits per heavy atom. The molecular formula is C15H10BrFN2O. The van der Waals surface area contributed by atoms with Gasteiger partial charge in [0.25, 0.3) is 5.91 Å². The zero-order chi connectivity index (χ0) is 14.7. The van der Waals surface area contributed by atoms with E-state index in [-0.39, 0.29) is 17.2 Å². The molecule has 5 heteroatoms. The van der Waals surface area contributed by atoms with Crippen LogP contribution in [0.25, 0.3) is 0 Å². The van der Waals surface area contributed by atoms with Crippen LogP contribution in [-0.4, -0.2) is 5.91 Å². The van der Waals surface area contributed by atoms with E-state index in [9.17, 15) is 9.18 Å². The molecule has 0 unspecified atom stereocenters. The smallest absolute Gasteiger partial charge is 0.256 e. The highest BCUT2D eigenvalue weighted by molar-refractivity contribution is 9.10. The average molecular weight is 333 g/mol. The maximum absolute atomic E-state index is 13.5. The number of anilines is 1. The van der Waals surface area contributed by atoms with Crippen LogP contribution in [0, 0.1) is 24.1 Å². The summed E-state index contributed by atoms with van der Waals surface area (Å²) in [6.07, 6.45) is 0. The number of benzene rings is 2. The van der Waals surface area contributed by atoms with Crippen LogP contribution in [0.5, 0.6) is 0 Å². The first-order valence-corrected chi connectivity index (χ1v) is 6.59. The first-order valence-electron chi connectivity index (χ1n) is 5.79. The predicted octanol–water partition coefficient (Wildman–Crippen LogP) is 4.02. The number of hydrogen-bond donors (Lipinski definition) is 1. The van der Waals surface area contributed by atoms with E-state index < -0.39 is 5.82 Å². The van der Waals surface area contributed by atoms with Crippen molar-refractivity contribution in [3.8, 4) is 6.07 Å². The monoisotopic (exact) mass is 332 g/mol. The van der Waals surface area contributed by atoms with Crippen LogP contribution >= 0.6 is 15.9 Å². The fraction of sp³-hybridized carbons (Fsp3) is 0.0667. The molecule has 20 heavy (non-hydrogen) atoms.